The fourth-order valence-electron chi connectivity index (χ4n) is 2.99. The van der Waals surface area contributed by atoms with Crippen LogP contribution in [0.2, 0.25) is 0 Å². The second kappa shape index (κ2) is 9.52. The number of hydrogen-bond donors (Lipinski definition) is 3. The third-order valence-corrected chi connectivity index (χ3v) is 4.25. The van der Waals surface area contributed by atoms with Gasteiger partial charge in [0.05, 0.1) is 19.7 Å². The van der Waals surface area contributed by atoms with Gasteiger partial charge in [0.25, 0.3) is 0 Å². The summed E-state index contributed by atoms with van der Waals surface area (Å²) in [6.07, 6.45) is 0.413. The molecule has 0 bridgehead atoms. The van der Waals surface area contributed by atoms with Crippen molar-refractivity contribution in [2.24, 2.45) is 4.99 Å². The van der Waals surface area contributed by atoms with Crippen LogP contribution in [0, 0.1) is 0 Å². The van der Waals surface area contributed by atoms with Gasteiger partial charge in [0, 0.05) is 25.2 Å². The Hall–Kier alpha value is -2.64. The van der Waals surface area contributed by atoms with Gasteiger partial charge < -0.3 is 30.1 Å². The van der Waals surface area contributed by atoms with Gasteiger partial charge >= 0.3 is 6.09 Å². The Balaban J connectivity index is 2.00. The van der Waals surface area contributed by atoms with Crippen LogP contribution in [-0.2, 0) is 11.3 Å². The van der Waals surface area contributed by atoms with Gasteiger partial charge in [0.1, 0.15) is 5.60 Å². The van der Waals surface area contributed by atoms with Crippen molar-refractivity contribution < 1.29 is 19.4 Å². The van der Waals surface area contributed by atoms with Crippen LogP contribution in [0.25, 0.3) is 0 Å². The van der Waals surface area contributed by atoms with Crippen LogP contribution in [0.4, 0.5) is 4.79 Å². The molecule has 1 fully saturated rings. The summed E-state index contributed by atoms with van der Waals surface area (Å²) in [6.45, 7) is 10.0. The van der Waals surface area contributed by atoms with Crippen molar-refractivity contribution in [3.63, 3.8) is 0 Å². The summed E-state index contributed by atoms with van der Waals surface area (Å²) in [4.78, 5) is 18.7. The van der Waals surface area contributed by atoms with Crippen molar-refractivity contribution in [1.82, 2.24) is 15.5 Å². The fourth-order valence-corrected chi connectivity index (χ4v) is 2.99. The third-order valence-electron chi connectivity index (χ3n) is 4.25. The maximum Gasteiger partial charge on any atom is 0.407 e. The molecular weight excluding hydrogens is 360 g/mol. The van der Waals surface area contributed by atoms with E-state index >= 15 is 0 Å². The average molecular weight is 393 g/mol. The number of likely N-dealkylation sites (tertiary alicyclic amines) is 1. The highest BCUT2D eigenvalue weighted by atomic mass is 16.6. The van der Waals surface area contributed by atoms with Gasteiger partial charge in [0.2, 0.25) is 0 Å². The van der Waals surface area contributed by atoms with Crippen molar-refractivity contribution in [2.75, 3.05) is 26.7 Å². The van der Waals surface area contributed by atoms with Gasteiger partial charge in [-0.05, 0) is 40.2 Å². The quantitative estimate of drug-likeness (QED) is 0.526. The number of guanidine groups is 1. The van der Waals surface area contributed by atoms with Gasteiger partial charge in [-0.15, -0.1) is 0 Å². The van der Waals surface area contributed by atoms with Gasteiger partial charge in [0.15, 0.2) is 17.5 Å². The summed E-state index contributed by atoms with van der Waals surface area (Å²) in [5.41, 5.74) is 0.176. The average Bonchev–Trinajstić information content (AvgIpc) is 3.06. The predicted molar refractivity (Wildman–Crippen MR) is 109 cm³/mol. The van der Waals surface area contributed by atoms with Crippen LogP contribution in [0.1, 0.15) is 39.7 Å². The zero-order valence-electron chi connectivity index (χ0n) is 17.4. The van der Waals surface area contributed by atoms with Gasteiger partial charge in [-0.3, -0.25) is 0 Å². The van der Waals surface area contributed by atoms with Crippen molar-refractivity contribution in [3.8, 4) is 11.5 Å². The highest BCUT2D eigenvalue weighted by molar-refractivity contribution is 5.80. The number of rotatable bonds is 5. The first kappa shape index (κ1) is 21.7. The van der Waals surface area contributed by atoms with E-state index in [4.69, 9.17) is 9.47 Å². The fraction of sp³-hybridized carbons (Fsp3) is 0.600. The standard InChI is InChI=1S/C20H32N4O4/c1-6-21-18(22-12-14-8-7-9-16(27-5)17(14)25)24-11-10-15(13-24)23-19(26)28-20(2,3)4/h7-9,15,25H,6,10-13H2,1-5H3,(H,21,22)(H,23,26). The number of benzene rings is 1. The summed E-state index contributed by atoms with van der Waals surface area (Å²) in [7, 11) is 1.52. The van der Waals surface area contributed by atoms with E-state index in [1.165, 1.54) is 7.11 Å². The molecule has 1 saturated heterocycles. The Labute approximate surface area is 166 Å². The molecule has 0 radical (unpaired) electrons. The first-order chi connectivity index (χ1) is 13.2. The van der Waals surface area contributed by atoms with Gasteiger partial charge in [-0.1, -0.05) is 12.1 Å². The number of ether oxygens (including phenoxy) is 2. The molecule has 8 nitrogen and oxygen atoms in total. The zero-order chi connectivity index (χ0) is 20.7. The molecule has 0 aromatic heterocycles. The molecule has 8 heteroatoms. The number of phenols is 1. The number of nitrogens with one attached hydrogen (secondary N) is 2. The highest BCUT2D eigenvalue weighted by Gasteiger charge is 2.27. The Morgan fingerprint density at radius 1 is 1.39 bits per heavy atom. The predicted octanol–water partition coefficient (Wildman–Crippen LogP) is 2.47. The number of amides is 1. The Morgan fingerprint density at radius 2 is 2.14 bits per heavy atom. The molecule has 1 atom stereocenters. The largest absolute Gasteiger partial charge is 0.504 e. The number of aromatic hydroxyl groups is 1. The van der Waals surface area contributed by atoms with Crippen LogP contribution in [0.5, 0.6) is 11.5 Å². The maximum atomic E-state index is 12.0. The van der Waals surface area contributed by atoms with E-state index in [0.717, 1.165) is 25.5 Å². The van der Waals surface area contributed by atoms with E-state index in [9.17, 15) is 9.90 Å². The van der Waals surface area contributed by atoms with Crippen molar-refractivity contribution in [2.45, 2.75) is 52.3 Å². The number of hydrogen-bond acceptors (Lipinski definition) is 5. The summed E-state index contributed by atoms with van der Waals surface area (Å²) in [5.74, 6) is 1.29. The second-order valence-corrected chi connectivity index (χ2v) is 7.72. The molecule has 1 amide bonds. The Morgan fingerprint density at radius 3 is 2.79 bits per heavy atom. The molecule has 1 heterocycles. The molecule has 1 aliphatic rings. The number of phenolic OH excluding ortho intramolecular Hbond substituents is 1. The van der Waals surface area contributed by atoms with E-state index in [2.05, 4.69) is 20.5 Å². The molecule has 1 aliphatic heterocycles. The van der Waals surface area contributed by atoms with Crippen molar-refractivity contribution in [1.29, 1.82) is 0 Å². The molecule has 1 aromatic rings. The smallest absolute Gasteiger partial charge is 0.407 e. The van der Waals surface area contributed by atoms with E-state index in [1.54, 1.807) is 6.07 Å². The maximum absolute atomic E-state index is 12.0. The topological polar surface area (TPSA) is 95.4 Å². The lowest BCUT2D eigenvalue weighted by Gasteiger charge is -2.23. The highest BCUT2D eigenvalue weighted by Crippen LogP contribution is 2.29. The lowest BCUT2D eigenvalue weighted by molar-refractivity contribution is 0.0507. The minimum atomic E-state index is -0.516. The van der Waals surface area contributed by atoms with Crippen molar-refractivity contribution >= 4 is 12.1 Å². The third kappa shape index (κ3) is 6.21. The number of carbonyl (C=O) groups excluding carboxylic acids is 1. The van der Waals surface area contributed by atoms with Crippen LogP contribution in [0.3, 0.4) is 0 Å². The van der Waals surface area contributed by atoms with Gasteiger partial charge in [-0.25, -0.2) is 9.79 Å². The number of aliphatic imine (C=N–C) groups is 1. The summed E-state index contributed by atoms with van der Waals surface area (Å²) in [6, 6.07) is 5.36. The number of para-hydroxylation sites is 1. The Bertz CT molecular complexity index is 700. The minimum Gasteiger partial charge on any atom is -0.504 e. The lowest BCUT2D eigenvalue weighted by atomic mass is 10.2. The molecule has 0 aliphatic carbocycles. The van der Waals surface area contributed by atoms with Crippen LogP contribution >= 0.6 is 0 Å². The van der Waals surface area contributed by atoms with E-state index in [0.29, 0.717) is 24.4 Å². The molecule has 1 unspecified atom stereocenters. The summed E-state index contributed by atoms with van der Waals surface area (Å²) < 4.78 is 10.5. The van der Waals surface area contributed by atoms with Gasteiger partial charge in [-0.2, -0.15) is 0 Å². The molecule has 1 aromatic carbocycles. The molecule has 0 spiro atoms. The Kier molecular flexibility index (Phi) is 7.37. The zero-order valence-corrected chi connectivity index (χ0v) is 17.4. The minimum absolute atomic E-state index is 0.00364. The number of nitrogens with zero attached hydrogens (tertiary/aromatic N) is 2. The summed E-state index contributed by atoms with van der Waals surface area (Å²) in [5, 5.41) is 16.4. The van der Waals surface area contributed by atoms with Crippen LogP contribution < -0.4 is 15.4 Å². The number of carbonyl (C=O) groups is 1. The molecule has 28 heavy (non-hydrogen) atoms. The number of methoxy groups -OCH3 is 1. The normalized spacial score (nSPS) is 17.4. The lowest BCUT2D eigenvalue weighted by Crippen LogP contribution is -2.44. The first-order valence-electron chi connectivity index (χ1n) is 9.61. The molecular formula is C20H32N4O4. The SMILES string of the molecule is CCNC(=NCc1cccc(OC)c1O)N1CCC(NC(=O)OC(C)(C)C)C1. The summed E-state index contributed by atoms with van der Waals surface area (Å²) >= 11 is 0. The molecule has 0 saturated carbocycles. The number of alkyl carbamates (subject to hydrolysis) is 1. The van der Waals surface area contributed by atoms with E-state index in [1.807, 2.05) is 39.8 Å². The van der Waals surface area contributed by atoms with E-state index < -0.39 is 11.7 Å². The van der Waals surface area contributed by atoms with E-state index in [-0.39, 0.29) is 11.8 Å². The molecule has 3 N–H and O–H groups in total. The second-order valence-electron chi connectivity index (χ2n) is 7.72. The molecule has 156 valence electrons. The monoisotopic (exact) mass is 392 g/mol. The molecule has 2 rings (SSSR count). The van der Waals surface area contributed by atoms with Crippen molar-refractivity contribution in [3.05, 3.63) is 23.8 Å². The first-order valence-corrected chi connectivity index (χ1v) is 9.61. The van der Waals surface area contributed by atoms with Crippen LogP contribution in [-0.4, -0.2) is 60.4 Å². The van der Waals surface area contributed by atoms with Crippen LogP contribution in [0.15, 0.2) is 23.2 Å².